The van der Waals surface area contributed by atoms with Crippen LogP contribution in [-0.2, 0) is 12.8 Å². The van der Waals surface area contributed by atoms with Crippen LogP contribution in [0, 0.1) is 0 Å². The van der Waals surface area contributed by atoms with Gasteiger partial charge in [0.25, 0.3) is 0 Å². The molecule has 0 saturated heterocycles. The summed E-state index contributed by atoms with van der Waals surface area (Å²) in [6.07, 6.45) is 1.17. The van der Waals surface area contributed by atoms with Gasteiger partial charge >= 0.3 is 0 Å². The first kappa shape index (κ1) is 34.6. The molecule has 0 saturated carbocycles. The molecule has 2 unspecified atom stereocenters. The lowest BCUT2D eigenvalue weighted by molar-refractivity contribution is 0.0310. The molecule has 0 heterocycles. The average molecular weight is 624 g/mol. The Morgan fingerprint density at radius 1 is 0.609 bits per heavy atom. The molecule has 0 aliphatic carbocycles. The fourth-order valence-corrected chi connectivity index (χ4v) is 5.37. The van der Waals surface area contributed by atoms with Crippen LogP contribution in [0.15, 0.2) is 109 Å². The fourth-order valence-electron chi connectivity index (χ4n) is 5.37. The zero-order valence-corrected chi connectivity index (χ0v) is 26.6. The standard InChI is InChI=1S/C39H45NO6/c1-2-25-40(26-32(41)28-45-38-19-11-9-17-34(38)36(43)23-21-30-13-5-3-6-14-30)27-33(42)29-46-39-20-12-10-18-35(39)37(44)24-22-31-15-7-4-8-16-31/h3-20,32-33,41-42H,2,21-29H2,1H3. The number of aliphatic hydroxyl groups excluding tert-OH is 2. The van der Waals surface area contributed by atoms with Crippen molar-refractivity contribution in [2.24, 2.45) is 0 Å². The predicted molar refractivity (Wildman–Crippen MR) is 181 cm³/mol. The van der Waals surface area contributed by atoms with E-state index in [0.717, 1.165) is 17.5 Å². The topological polar surface area (TPSA) is 96.3 Å². The zero-order valence-electron chi connectivity index (χ0n) is 26.6. The quantitative estimate of drug-likeness (QED) is 0.113. The number of nitrogens with zero attached hydrogens (tertiary/aromatic N) is 1. The summed E-state index contributed by atoms with van der Waals surface area (Å²) in [5.41, 5.74) is 3.21. The summed E-state index contributed by atoms with van der Waals surface area (Å²) >= 11 is 0. The van der Waals surface area contributed by atoms with Crippen molar-refractivity contribution in [2.45, 2.75) is 51.2 Å². The van der Waals surface area contributed by atoms with E-state index in [0.29, 0.717) is 54.9 Å². The molecule has 0 aliphatic rings. The highest BCUT2D eigenvalue weighted by Crippen LogP contribution is 2.22. The summed E-state index contributed by atoms with van der Waals surface area (Å²) in [6.45, 7) is 3.28. The minimum absolute atomic E-state index is 0.00819. The van der Waals surface area contributed by atoms with Gasteiger partial charge < -0.3 is 19.7 Å². The van der Waals surface area contributed by atoms with E-state index in [-0.39, 0.29) is 37.9 Å². The van der Waals surface area contributed by atoms with E-state index in [9.17, 15) is 19.8 Å². The summed E-state index contributed by atoms with van der Waals surface area (Å²) in [4.78, 5) is 27.9. The zero-order chi connectivity index (χ0) is 32.6. The van der Waals surface area contributed by atoms with Crippen molar-refractivity contribution in [3.63, 3.8) is 0 Å². The largest absolute Gasteiger partial charge is 0.490 e. The molecule has 2 atom stereocenters. The summed E-state index contributed by atoms with van der Waals surface area (Å²) in [6, 6.07) is 34.0. The van der Waals surface area contributed by atoms with Gasteiger partial charge in [0.2, 0.25) is 0 Å². The van der Waals surface area contributed by atoms with Crippen molar-refractivity contribution in [2.75, 3.05) is 32.8 Å². The van der Waals surface area contributed by atoms with E-state index in [1.165, 1.54) is 0 Å². The van der Waals surface area contributed by atoms with Crippen LogP contribution in [0.4, 0.5) is 0 Å². The smallest absolute Gasteiger partial charge is 0.166 e. The Balaban J connectivity index is 1.25. The van der Waals surface area contributed by atoms with E-state index in [1.807, 2.05) is 96.8 Å². The van der Waals surface area contributed by atoms with E-state index < -0.39 is 12.2 Å². The summed E-state index contributed by atoms with van der Waals surface area (Å²) in [7, 11) is 0. The Kier molecular flexibility index (Phi) is 14.0. The Bertz CT molecular complexity index is 1380. The highest BCUT2D eigenvalue weighted by molar-refractivity contribution is 5.99. The Morgan fingerprint density at radius 2 is 1.00 bits per heavy atom. The molecule has 0 spiro atoms. The number of aliphatic hydroxyl groups is 2. The second-order valence-electron chi connectivity index (χ2n) is 11.5. The number of ketones is 2. The van der Waals surface area contributed by atoms with Crippen LogP contribution >= 0.6 is 0 Å². The van der Waals surface area contributed by atoms with Crippen LogP contribution < -0.4 is 9.47 Å². The van der Waals surface area contributed by atoms with Crippen molar-refractivity contribution >= 4 is 11.6 Å². The lowest BCUT2D eigenvalue weighted by Gasteiger charge is -2.27. The molecular weight excluding hydrogens is 578 g/mol. The summed E-state index contributed by atoms with van der Waals surface area (Å²) in [5, 5.41) is 21.7. The molecule has 4 aromatic rings. The second-order valence-corrected chi connectivity index (χ2v) is 11.5. The number of ether oxygens (including phenoxy) is 2. The highest BCUT2D eigenvalue weighted by Gasteiger charge is 2.19. The van der Waals surface area contributed by atoms with Crippen LogP contribution in [0.5, 0.6) is 11.5 Å². The van der Waals surface area contributed by atoms with Crippen molar-refractivity contribution in [3.8, 4) is 11.5 Å². The lowest BCUT2D eigenvalue weighted by atomic mass is 10.0. The number of aryl methyl sites for hydroxylation is 2. The number of benzene rings is 4. The van der Waals surface area contributed by atoms with Crippen LogP contribution in [-0.4, -0.2) is 71.7 Å². The van der Waals surface area contributed by atoms with Gasteiger partial charge in [-0.15, -0.1) is 0 Å². The van der Waals surface area contributed by atoms with E-state index >= 15 is 0 Å². The molecule has 0 bridgehead atoms. The molecule has 7 heteroatoms. The van der Waals surface area contributed by atoms with Crippen LogP contribution in [0.3, 0.4) is 0 Å². The van der Waals surface area contributed by atoms with E-state index in [2.05, 4.69) is 0 Å². The number of rotatable bonds is 20. The molecule has 0 amide bonds. The van der Waals surface area contributed by atoms with E-state index in [1.54, 1.807) is 24.3 Å². The maximum absolute atomic E-state index is 13.0. The molecule has 242 valence electrons. The number of para-hydroxylation sites is 2. The Labute approximate surface area is 272 Å². The van der Waals surface area contributed by atoms with Crippen LogP contribution in [0.25, 0.3) is 0 Å². The monoisotopic (exact) mass is 623 g/mol. The molecule has 46 heavy (non-hydrogen) atoms. The average Bonchev–Trinajstić information content (AvgIpc) is 3.09. The fraction of sp³-hybridized carbons (Fsp3) is 0.333. The molecule has 7 nitrogen and oxygen atoms in total. The first-order valence-corrected chi connectivity index (χ1v) is 16.1. The van der Waals surface area contributed by atoms with Gasteiger partial charge in [-0.1, -0.05) is 91.9 Å². The first-order chi connectivity index (χ1) is 22.4. The normalized spacial score (nSPS) is 12.4. The van der Waals surface area contributed by atoms with Gasteiger partial charge in [-0.25, -0.2) is 0 Å². The molecule has 4 aromatic carbocycles. The van der Waals surface area contributed by atoms with Gasteiger partial charge in [-0.2, -0.15) is 0 Å². The van der Waals surface area contributed by atoms with Crippen molar-refractivity contribution in [3.05, 3.63) is 131 Å². The van der Waals surface area contributed by atoms with Crippen LogP contribution in [0.1, 0.15) is 58.0 Å². The third kappa shape index (κ3) is 11.2. The highest BCUT2D eigenvalue weighted by atomic mass is 16.5. The van der Waals surface area contributed by atoms with Gasteiger partial charge in [0, 0.05) is 25.9 Å². The van der Waals surface area contributed by atoms with Gasteiger partial charge in [0.05, 0.1) is 11.1 Å². The first-order valence-electron chi connectivity index (χ1n) is 16.1. The summed E-state index contributed by atoms with van der Waals surface area (Å²) in [5.74, 6) is 0.882. The number of hydrogen-bond donors (Lipinski definition) is 2. The van der Waals surface area contributed by atoms with Gasteiger partial charge in [0.1, 0.15) is 36.9 Å². The Morgan fingerprint density at radius 3 is 1.41 bits per heavy atom. The van der Waals surface area contributed by atoms with Crippen molar-refractivity contribution in [1.29, 1.82) is 0 Å². The number of hydrogen-bond acceptors (Lipinski definition) is 7. The van der Waals surface area contributed by atoms with Gasteiger partial charge in [-0.05, 0) is 61.2 Å². The lowest BCUT2D eigenvalue weighted by Crippen LogP contribution is -2.42. The number of carbonyl (C=O) groups excluding carboxylic acids is 2. The number of carbonyl (C=O) groups is 2. The molecule has 0 aliphatic heterocycles. The van der Waals surface area contributed by atoms with E-state index in [4.69, 9.17) is 9.47 Å². The van der Waals surface area contributed by atoms with Gasteiger partial charge in [-0.3, -0.25) is 14.5 Å². The Hall–Kier alpha value is -4.30. The number of Topliss-reactive ketones (excluding diaryl/α,β-unsaturated/α-hetero) is 2. The predicted octanol–water partition coefficient (Wildman–Crippen LogP) is 6.21. The minimum atomic E-state index is -0.838. The second kappa shape index (κ2) is 18.6. The third-order valence-electron chi connectivity index (χ3n) is 7.68. The third-order valence-corrected chi connectivity index (χ3v) is 7.68. The molecule has 0 radical (unpaired) electrons. The summed E-state index contributed by atoms with van der Waals surface area (Å²) < 4.78 is 11.9. The molecule has 0 fully saturated rings. The molecule has 2 N–H and O–H groups in total. The molecule has 4 rings (SSSR count). The van der Waals surface area contributed by atoms with Crippen molar-refractivity contribution in [1.82, 2.24) is 4.90 Å². The molecular formula is C39H45NO6. The van der Waals surface area contributed by atoms with Gasteiger partial charge in [0.15, 0.2) is 11.6 Å². The SMILES string of the molecule is CCCN(CC(O)COc1ccccc1C(=O)CCc1ccccc1)CC(O)COc1ccccc1C(=O)CCc1ccccc1. The maximum Gasteiger partial charge on any atom is 0.166 e. The minimum Gasteiger partial charge on any atom is -0.490 e. The molecule has 0 aromatic heterocycles. The maximum atomic E-state index is 13.0. The van der Waals surface area contributed by atoms with Crippen LogP contribution in [0.2, 0.25) is 0 Å². The van der Waals surface area contributed by atoms with Crippen molar-refractivity contribution < 1.29 is 29.3 Å².